The summed E-state index contributed by atoms with van der Waals surface area (Å²) in [5, 5.41) is 4.33. The van der Waals surface area contributed by atoms with E-state index in [1.54, 1.807) is 6.20 Å². The van der Waals surface area contributed by atoms with Gasteiger partial charge < -0.3 is 4.74 Å². The fraction of sp³-hybridized carbons (Fsp3) is 0.176. The van der Waals surface area contributed by atoms with Crippen molar-refractivity contribution in [2.24, 2.45) is 7.05 Å². The van der Waals surface area contributed by atoms with E-state index in [4.69, 9.17) is 4.74 Å². The summed E-state index contributed by atoms with van der Waals surface area (Å²) in [7, 11) is 1.92. The first kappa shape index (κ1) is 13.4. The molecule has 2 aromatic heterocycles. The zero-order valence-electron chi connectivity index (χ0n) is 12.2. The minimum absolute atomic E-state index is 0.548. The van der Waals surface area contributed by atoms with Gasteiger partial charge in [-0.05, 0) is 30.7 Å². The molecule has 0 aliphatic rings. The van der Waals surface area contributed by atoms with Crippen LogP contribution in [0.4, 0.5) is 0 Å². The van der Waals surface area contributed by atoms with Crippen molar-refractivity contribution in [1.29, 1.82) is 0 Å². The van der Waals surface area contributed by atoms with Crippen molar-refractivity contribution < 1.29 is 4.74 Å². The molecule has 0 amide bonds. The van der Waals surface area contributed by atoms with Crippen LogP contribution in [0.1, 0.15) is 11.3 Å². The van der Waals surface area contributed by atoms with Crippen molar-refractivity contribution in [2.45, 2.75) is 13.5 Å². The summed E-state index contributed by atoms with van der Waals surface area (Å²) in [6.45, 7) is 2.52. The van der Waals surface area contributed by atoms with Gasteiger partial charge in [-0.15, -0.1) is 0 Å². The molecule has 3 rings (SSSR count). The van der Waals surface area contributed by atoms with Gasteiger partial charge >= 0.3 is 0 Å². The Labute approximate surface area is 124 Å². The summed E-state index contributed by atoms with van der Waals surface area (Å²) < 4.78 is 7.57. The van der Waals surface area contributed by atoms with E-state index in [1.165, 1.54) is 0 Å². The summed E-state index contributed by atoms with van der Waals surface area (Å²) in [4.78, 5) is 4.45. The molecule has 0 radical (unpaired) electrons. The summed E-state index contributed by atoms with van der Waals surface area (Å²) in [5.74, 6) is 0.765. The third-order valence-corrected chi connectivity index (χ3v) is 3.25. The van der Waals surface area contributed by atoms with Crippen molar-refractivity contribution >= 4 is 0 Å². The van der Waals surface area contributed by atoms with Crippen LogP contribution in [-0.4, -0.2) is 14.8 Å². The van der Waals surface area contributed by atoms with Crippen LogP contribution < -0.4 is 4.74 Å². The molecule has 0 unspecified atom stereocenters. The van der Waals surface area contributed by atoms with Crippen LogP contribution in [0.25, 0.3) is 11.4 Å². The number of hydrogen-bond donors (Lipinski definition) is 0. The van der Waals surface area contributed by atoms with Crippen molar-refractivity contribution in [2.75, 3.05) is 0 Å². The lowest BCUT2D eigenvalue weighted by atomic mass is 10.2. The van der Waals surface area contributed by atoms with Crippen molar-refractivity contribution in [1.82, 2.24) is 14.8 Å². The number of pyridine rings is 1. The zero-order valence-corrected chi connectivity index (χ0v) is 12.2. The van der Waals surface area contributed by atoms with Crippen molar-refractivity contribution in [3.05, 3.63) is 66.0 Å². The second-order valence-corrected chi connectivity index (χ2v) is 4.95. The molecule has 2 heterocycles. The Hall–Kier alpha value is -2.62. The molecule has 0 spiro atoms. The normalized spacial score (nSPS) is 10.6. The van der Waals surface area contributed by atoms with Crippen LogP contribution >= 0.6 is 0 Å². The highest BCUT2D eigenvalue weighted by atomic mass is 16.5. The maximum absolute atomic E-state index is 5.73. The molecular formula is C17H17N3O. The van der Waals surface area contributed by atoms with Gasteiger partial charge in [0.25, 0.3) is 0 Å². The van der Waals surface area contributed by atoms with Gasteiger partial charge in [-0.2, -0.15) is 5.10 Å². The molecule has 0 saturated carbocycles. The number of nitrogens with zero attached hydrogens (tertiary/aromatic N) is 3. The Kier molecular flexibility index (Phi) is 3.69. The standard InChI is InChI=1S/C17H17N3O/c1-13-10-17(20(2)19-13)16-9-8-15(11-18-16)21-12-14-6-4-3-5-7-14/h3-11H,12H2,1-2H3. The van der Waals surface area contributed by atoms with Gasteiger partial charge in [0.15, 0.2) is 0 Å². The Morgan fingerprint density at radius 2 is 1.90 bits per heavy atom. The third kappa shape index (κ3) is 3.11. The molecule has 0 N–H and O–H groups in total. The summed E-state index contributed by atoms with van der Waals surface area (Å²) in [5.41, 5.74) is 4.02. The molecule has 21 heavy (non-hydrogen) atoms. The van der Waals surface area contributed by atoms with Gasteiger partial charge in [-0.1, -0.05) is 30.3 Å². The fourth-order valence-corrected chi connectivity index (χ4v) is 2.21. The van der Waals surface area contributed by atoms with E-state index in [1.807, 2.05) is 67.2 Å². The Balaban J connectivity index is 1.71. The molecule has 0 fully saturated rings. The number of aromatic nitrogens is 3. The van der Waals surface area contributed by atoms with Gasteiger partial charge in [-0.25, -0.2) is 0 Å². The van der Waals surface area contributed by atoms with Crippen molar-refractivity contribution in [3.8, 4) is 17.1 Å². The lowest BCUT2D eigenvalue weighted by Crippen LogP contribution is -1.97. The molecular weight excluding hydrogens is 262 g/mol. The molecule has 0 aliphatic carbocycles. The van der Waals surface area contributed by atoms with Gasteiger partial charge in [0, 0.05) is 7.05 Å². The zero-order chi connectivity index (χ0) is 14.7. The average molecular weight is 279 g/mol. The van der Waals surface area contributed by atoms with E-state index in [0.29, 0.717) is 6.61 Å². The minimum Gasteiger partial charge on any atom is -0.487 e. The van der Waals surface area contributed by atoms with Crippen LogP contribution in [-0.2, 0) is 13.7 Å². The van der Waals surface area contributed by atoms with Gasteiger partial charge in [-0.3, -0.25) is 9.67 Å². The van der Waals surface area contributed by atoms with E-state index >= 15 is 0 Å². The third-order valence-electron chi connectivity index (χ3n) is 3.25. The molecule has 0 bridgehead atoms. The number of aryl methyl sites for hydroxylation is 2. The van der Waals surface area contributed by atoms with E-state index in [-0.39, 0.29) is 0 Å². The van der Waals surface area contributed by atoms with Gasteiger partial charge in [0.05, 0.1) is 23.3 Å². The topological polar surface area (TPSA) is 39.9 Å². The van der Waals surface area contributed by atoms with Crippen LogP contribution in [0, 0.1) is 6.92 Å². The molecule has 4 nitrogen and oxygen atoms in total. The molecule has 3 aromatic rings. The first-order chi connectivity index (χ1) is 10.2. The van der Waals surface area contributed by atoms with Gasteiger partial charge in [0.1, 0.15) is 12.4 Å². The van der Waals surface area contributed by atoms with E-state index in [2.05, 4.69) is 10.1 Å². The smallest absolute Gasteiger partial charge is 0.138 e. The summed E-state index contributed by atoms with van der Waals surface area (Å²) >= 11 is 0. The number of rotatable bonds is 4. The minimum atomic E-state index is 0.548. The Morgan fingerprint density at radius 3 is 2.52 bits per heavy atom. The first-order valence-electron chi connectivity index (χ1n) is 6.86. The summed E-state index contributed by atoms with van der Waals surface area (Å²) in [6, 6.07) is 16.0. The molecule has 0 saturated heterocycles. The lowest BCUT2D eigenvalue weighted by molar-refractivity contribution is 0.305. The molecule has 106 valence electrons. The van der Waals surface area contributed by atoms with Crippen LogP contribution in [0.3, 0.4) is 0 Å². The predicted molar refractivity (Wildman–Crippen MR) is 82.0 cm³/mol. The van der Waals surface area contributed by atoms with E-state index in [9.17, 15) is 0 Å². The molecule has 4 heteroatoms. The monoisotopic (exact) mass is 279 g/mol. The Bertz CT molecular complexity index is 718. The van der Waals surface area contributed by atoms with E-state index < -0.39 is 0 Å². The average Bonchev–Trinajstić information content (AvgIpc) is 2.85. The molecule has 0 atom stereocenters. The Morgan fingerprint density at radius 1 is 1.10 bits per heavy atom. The van der Waals surface area contributed by atoms with Gasteiger partial charge in [0.2, 0.25) is 0 Å². The van der Waals surface area contributed by atoms with Crippen molar-refractivity contribution in [3.63, 3.8) is 0 Å². The predicted octanol–water partition coefficient (Wildman–Crippen LogP) is 3.37. The quantitative estimate of drug-likeness (QED) is 0.735. The highest BCUT2D eigenvalue weighted by molar-refractivity contribution is 5.55. The first-order valence-corrected chi connectivity index (χ1v) is 6.86. The highest BCUT2D eigenvalue weighted by Crippen LogP contribution is 2.20. The maximum Gasteiger partial charge on any atom is 0.138 e. The molecule has 0 aliphatic heterocycles. The van der Waals surface area contributed by atoms with Crippen LogP contribution in [0.2, 0.25) is 0 Å². The number of benzene rings is 1. The highest BCUT2D eigenvalue weighted by Gasteiger charge is 2.06. The second-order valence-electron chi connectivity index (χ2n) is 4.95. The lowest BCUT2D eigenvalue weighted by Gasteiger charge is -2.07. The fourth-order valence-electron chi connectivity index (χ4n) is 2.21. The van der Waals surface area contributed by atoms with Crippen LogP contribution in [0.5, 0.6) is 5.75 Å². The largest absolute Gasteiger partial charge is 0.487 e. The maximum atomic E-state index is 5.73. The van der Waals surface area contributed by atoms with E-state index in [0.717, 1.165) is 28.4 Å². The van der Waals surface area contributed by atoms with Crippen LogP contribution in [0.15, 0.2) is 54.7 Å². The second kappa shape index (κ2) is 5.79. The summed E-state index contributed by atoms with van der Waals surface area (Å²) in [6.07, 6.45) is 1.75. The molecule has 1 aromatic carbocycles. The SMILES string of the molecule is Cc1cc(-c2ccc(OCc3ccccc3)cn2)n(C)n1. The number of ether oxygens (including phenoxy) is 1. The number of hydrogen-bond acceptors (Lipinski definition) is 3.